The molecule has 0 saturated heterocycles. The summed E-state index contributed by atoms with van der Waals surface area (Å²) in [4.78, 5) is 2.52. The van der Waals surface area contributed by atoms with Gasteiger partial charge in [-0.2, -0.15) is 0 Å². The Balaban J connectivity index is 1.94. The van der Waals surface area contributed by atoms with Gasteiger partial charge in [0.15, 0.2) is 0 Å². The van der Waals surface area contributed by atoms with E-state index in [1.807, 2.05) is 0 Å². The first-order chi connectivity index (χ1) is 6.75. The zero-order chi connectivity index (χ0) is 10.4. The lowest BCUT2D eigenvalue weighted by atomic mass is 10.2. The molecule has 0 aliphatic heterocycles. The van der Waals surface area contributed by atoms with Gasteiger partial charge in [-0.15, -0.1) is 0 Å². The summed E-state index contributed by atoms with van der Waals surface area (Å²) in [6.45, 7) is 8.18. The van der Waals surface area contributed by atoms with Crippen LogP contribution in [0.3, 0.4) is 0 Å². The standard InChI is InChI=1S/C12H26N2/c1-4-8-13-9-5-10-14(3)11(2)12-6-7-12/h11-13H,4-10H2,1-3H3. The molecule has 2 nitrogen and oxygen atoms in total. The summed E-state index contributed by atoms with van der Waals surface area (Å²) in [5.41, 5.74) is 0. The van der Waals surface area contributed by atoms with Gasteiger partial charge in [0.2, 0.25) is 0 Å². The first kappa shape index (κ1) is 12.0. The topological polar surface area (TPSA) is 15.3 Å². The molecule has 1 atom stereocenters. The van der Waals surface area contributed by atoms with Crippen LogP contribution in [-0.4, -0.2) is 37.6 Å². The van der Waals surface area contributed by atoms with Crippen LogP contribution < -0.4 is 5.32 Å². The van der Waals surface area contributed by atoms with Crippen molar-refractivity contribution in [1.82, 2.24) is 10.2 Å². The van der Waals surface area contributed by atoms with Gasteiger partial charge in [-0.05, 0) is 65.2 Å². The SMILES string of the molecule is CCCNCCCN(C)C(C)C1CC1. The second-order valence-corrected chi connectivity index (χ2v) is 4.66. The van der Waals surface area contributed by atoms with Gasteiger partial charge in [0, 0.05) is 6.04 Å². The van der Waals surface area contributed by atoms with Gasteiger partial charge < -0.3 is 10.2 Å². The lowest BCUT2D eigenvalue weighted by Crippen LogP contribution is -2.33. The highest BCUT2D eigenvalue weighted by molar-refractivity contribution is 4.83. The third-order valence-electron chi connectivity index (χ3n) is 3.29. The Labute approximate surface area is 89.1 Å². The van der Waals surface area contributed by atoms with Crippen LogP contribution in [0.2, 0.25) is 0 Å². The van der Waals surface area contributed by atoms with Crippen LogP contribution >= 0.6 is 0 Å². The summed E-state index contributed by atoms with van der Waals surface area (Å²) in [6.07, 6.45) is 5.45. The number of hydrogen-bond donors (Lipinski definition) is 1. The fourth-order valence-corrected chi connectivity index (χ4v) is 1.90. The molecule has 1 aliphatic rings. The molecule has 1 rings (SSSR count). The average molecular weight is 198 g/mol. The Morgan fingerprint density at radius 3 is 2.64 bits per heavy atom. The summed E-state index contributed by atoms with van der Waals surface area (Å²) < 4.78 is 0. The third kappa shape index (κ3) is 4.43. The van der Waals surface area contributed by atoms with Crippen molar-refractivity contribution in [3.8, 4) is 0 Å². The molecule has 0 amide bonds. The molecule has 0 heterocycles. The average Bonchev–Trinajstić information content (AvgIpc) is 2.99. The molecule has 1 N–H and O–H groups in total. The Morgan fingerprint density at radius 2 is 2.07 bits per heavy atom. The number of nitrogens with one attached hydrogen (secondary N) is 1. The summed E-state index contributed by atoms with van der Waals surface area (Å²) in [6, 6.07) is 0.807. The Bertz CT molecular complexity index is 143. The molecule has 0 bridgehead atoms. The van der Waals surface area contributed by atoms with Crippen molar-refractivity contribution in [2.45, 2.75) is 45.6 Å². The molecule has 0 radical (unpaired) electrons. The highest BCUT2D eigenvalue weighted by Crippen LogP contribution is 2.34. The largest absolute Gasteiger partial charge is 0.317 e. The van der Waals surface area contributed by atoms with Crippen molar-refractivity contribution in [2.24, 2.45) is 5.92 Å². The lowest BCUT2D eigenvalue weighted by molar-refractivity contribution is 0.231. The molecule has 0 aromatic rings. The van der Waals surface area contributed by atoms with Crippen molar-refractivity contribution in [3.05, 3.63) is 0 Å². The van der Waals surface area contributed by atoms with Crippen LogP contribution in [0, 0.1) is 5.92 Å². The predicted octanol–water partition coefficient (Wildman–Crippen LogP) is 2.11. The first-order valence-electron chi connectivity index (χ1n) is 6.16. The van der Waals surface area contributed by atoms with Crippen molar-refractivity contribution in [3.63, 3.8) is 0 Å². The molecular weight excluding hydrogens is 172 g/mol. The minimum atomic E-state index is 0.807. The van der Waals surface area contributed by atoms with Crippen molar-refractivity contribution >= 4 is 0 Å². The van der Waals surface area contributed by atoms with E-state index in [0.29, 0.717) is 0 Å². The summed E-state index contributed by atoms with van der Waals surface area (Å²) in [5.74, 6) is 1.00. The van der Waals surface area contributed by atoms with Crippen LogP contribution in [0.25, 0.3) is 0 Å². The van der Waals surface area contributed by atoms with Gasteiger partial charge in [0.1, 0.15) is 0 Å². The predicted molar refractivity (Wildman–Crippen MR) is 62.6 cm³/mol. The van der Waals surface area contributed by atoms with E-state index in [4.69, 9.17) is 0 Å². The number of rotatable bonds is 8. The van der Waals surface area contributed by atoms with Gasteiger partial charge in [0.25, 0.3) is 0 Å². The molecule has 1 unspecified atom stereocenters. The number of hydrogen-bond acceptors (Lipinski definition) is 2. The molecule has 84 valence electrons. The molecule has 0 aromatic carbocycles. The van der Waals surface area contributed by atoms with E-state index in [1.165, 1.54) is 45.3 Å². The van der Waals surface area contributed by atoms with E-state index >= 15 is 0 Å². The summed E-state index contributed by atoms with van der Waals surface area (Å²) >= 11 is 0. The minimum Gasteiger partial charge on any atom is -0.317 e. The van der Waals surface area contributed by atoms with E-state index < -0.39 is 0 Å². The fourth-order valence-electron chi connectivity index (χ4n) is 1.90. The first-order valence-corrected chi connectivity index (χ1v) is 6.16. The molecule has 1 aliphatic carbocycles. The monoisotopic (exact) mass is 198 g/mol. The van der Waals surface area contributed by atoms with E-state index in [-0.39, 0.29) is 0 Å². The van der Waals surface area contributed by atoms with E-state index in [2.05, 4.69) is 31.1 Å². The van der Waals surface area contributed by atoms with E-state index in [0.717, 1.165) is 12.0 Å². The molecule has 0 aromatic heterocycles. The molecule has 0 spiro atoms. The van der Waals surface area contributed by atoms with Crippen LogP contribution in [0.5, 0.6) is 0 Å². The summed E-state index contributed by atoms with van der Waals surface area (Å²) in [7, 11) is 2.27. The van der Waals surface area contributed by atoms with Crippen LogP contribution in [0.4, 0.5) is 0 Å². The van der Waals surface area contributed by atoms with Gasteiger partial charge in [-0.25, -0.2) is 0 Å². The maximum atomic E-state index is 3.45. The molecule has 1 fully saturated rings. The fraction of sp³-hybridized carbons (Fsp3) is 1.00. The molecule has 1 saturated carbocycles. The van der Waals surface area contributed by atoms with Gasteiger partial charge in [0.05, 0.1) is 0 Å². The quantitative estimate of drug-likeness (QED) is 0.601. The van der Waals surface area contributed by atoms with Crippen molar-refractivity contribution < 1.29 is 0 Å². The zero-order valence-electron chi connectivity index (χ0n) is 10.1. The Kier molecular flexibility index (Phi) is 5.49. The highest BCUT2D eigenvalue weighted by atomic mass is 15.1. The second kappa shape index (κ2) is 6.41. The summed E-state index contributed by atoms with van der Waals surface area (Å²) in [5, 5.41) is 3.45. The lowest BCUT2D eigenvalue weighted by Gasteiger charge is -2.24. The minimum absolute atomic E-state index is 0.807. The van der Waals surface area contributed by atoms with Crippen LogP contribution in [0.15, 0.2) is 0 Å². The van der Waals surface area contributed by atoms with Crippen LogP contribution in [0.1, 0.15) is 39.5 Å². The van der Waals surface area contributed by atoms with Crippen molar-refractivity contribution in [2.75, 3.05) is 26.7 Å². The maximum Gasteiger partial charge on any atom is 0.00921 e. The van der Waals surface area contributed by atoms with Gasteiger partial charge in [-0.3, -0.25) is 0 Å². The molecule has 14 heavy (non-hydrogen) atoms. The van der Waals surface area contributed by atoms with E-state index in [9.17, 15) is 0 Å². The highest BCUT2D eigenvalue weighted by Gasteiger charge is 2.29. The van der Waals surface area contributed by atoms with Crippen molar-refractivity contribution in [1.29, 1.82) is 0 Å². The molecular formula is C12H26N2. The third-order valence-corrected chi connectivity index (χ3v) is 3.29. The Hall–Kier alpha value is -0.0800. The van der Waals surface area contributed by atoms with Crippen LogP contribution in [-0.2, 0) is 0 Å². The zero-order valence-corrected chi connectivity index (χ0v) is 10.1. The second-order valence-electron chi connectivity index (χ2n) is 4.66. The molecule has 2 heteroatoms. The normalized spacial score (nSPS) is 18.9. The number of nitrogens with zero attached hydrogens (tertiary/aromatic N) is 1. The maximum absolute atomic E-state index is 3.45. The smallest absolute Gasteiger partial charge is 0.00921 e. The Morgan fingerprint density at radius 1 is 1.36 bits per heavy atom. The van der Waals surface area contributed by atoms with Gasteiger partial charge >= 0.3 is 0 Å². The van der Waals surface area contributed by atoms with E-state index in [1.54, 1.807) is 0 Å². The van der Waals surface area contributed by atoms with Gasteiger partial charge in [-0.1, -0.05) is 6.92 Å².